The third-order valence-electron chi connectivity index (χ3n) is 11.9. The van der Waals surface area contributed by atoms with Crippen LogP contribution >= 0.6 is 0 Å². The third kappa shape index (κ3) is 5.58. The fourth-order valence-electron chi connectivity index (χ4n) is 8.98. The zero-order valence-electron chi connectivity index (χ0n) is 32.3. The van der Waals surface area contributed by atoms with Gasteiger partial charge in [0.15, 0.2) is 5.82 Å². The van der Waals surface area contributed by atoms with Gasteiger partial charge in [0.05, 0.1) is 11.4 Å². The lowest BCUT2D eigenvalue weighted by Crippen LogP contribution is -2.14. The topological polar surface area (TPSA) is 38.9 Å². The Bertz CT molecular complexity index is 3180. The molecule has 2 aromatic heterocycles. The van der Waals surface area contributed by atoms with Gasteiger partial charge in [-0.25, -0.2) is 9.97 Å². The Balaban J connectivity index is 1.17. The molecular weight excluding hydrogens is 705 g/mol. The van der Waals surface area contributed by atoms with E-state index in [1.54, 1.807) is 0 Å². The molecular formula is C55H38N2O. The number of rotatable bonds is 6. The van der Waals surface area contributed by atoms with Gasteiger partial charge in [-0.3, -0.25) is 0 Å². The molecule has 0 radical (unpaired) electrons. The molecule has 0 spiro atoms. The van der Waals surface area contributed by atoms with E-state index >= 15 is 0 Å². The normalized spacial score (nSPS) is 12.8. The molecule has 8 aromatic carbocycles. The van der Waals surface area contributed by atoms with E-state index in [0.29, 0.717) is 5.82 Å². The van der Waals surface area contributed by atoms with E-state index in [-0.39, 0.29) is 5.41 Å². The summed E-state index contributed by atoms with van der Waals surface area (Å²) in [6, 6.07) is 69.0. The Kier molecular flexibility index (Phi) is 7.84. The molecule has 1 aliphatic rings. The number of benzene rings is 8. The number of para-hydroxylation sites is 1. The number of hydrogen-bond acceptors (Lipinski definition) is 3. The Morgan fingerprint density at radius 2 is 0.948 bits per heavy atom. The molecule has 0 atom stereocenters. The first-order valence-corrected chi connectivity index (χ1v) is 19.9. The van der Waals surface area contributed by atoms with Crippen LogP contribution in [-0.2, 0) is 5.41 Å². The van der Waals surface area contributed by atoms with Gasteiger partial charge in [0.2, 0.25) is 0 Å². The van der Waals surface area contributed by atoms with Gasteiger partial charge in [0, 0.05) is 38.4 Å². The molecule has 1 aliphatic carbocycles. The average Bonchev–Trinajstić information content (AvgIpc) is 3.78. The molecule has 10 aromatic rings. The van der Waals surface area contributed by atoms with E-state index in [4.69, 9.17) is 14.4 Å². The van der Waals surface area contributed by atoms with Crippen LogP contribution in [-0.4, -0.2) is 9.97 Å². The lowest BCUT2D eigenvalue weighted by atomic mass is 9.82. The van der Waals surface area contributed by atoms with Crippen molar-refractivity contribution in [1.82, 2.24) is 9.97 Å². The number of furan rings is 1. The highest BCUT2D eigenvalue weighted by molar-refractivity contribution is 6.11. The Morgan fingerprint density at radius 1 is 0.379 bits per heavy atom. The fourth-order valence-corrected chi connectivity index (χ4v) is 8.98. The summed E-state index contributed by atoms with van der Waals surface area (Å²) >= 11 is 0. The van der Waals surface area contributed by atoms with Crippen molar-refractivity contribution in [3.8, 4) is 78.4 Å². The first kappa shape index (κ1) is 33.9. The summed E-state index contributed by atoms with van der Waals surface area (Å²) in [7, 11) is 0. The fraction of sp³-hybridized carbons (Fsp3) is 0.0545. The highest BCUT2D eigenvalue weighted by atomic mass is 16.3. The summed E-state index contributed by atoms with van der Waals surface area (Å²) in [6.45, 7) is 4.65. The van der Waals surface area contributed by atoms with E-state index in [2.05, 4.69) is 196 Å². The van der Waals surface area contributed by atoms with Crippen molar-refractivity contribution >= 4 is 21.9 Å². The minimum absolute atomic E-state index is 0.126. The van der Waals surface area contributed by atoms with Crippen molar-refractivity contribution in [3.05, 3.63) is 205 Å². The second kappa shape index (κ2) is 13.4. The van der Waals surface area contributed by atoms with Crippen LogP contribution in [0.15, 0.2) is 199 Å². The van der Waals surface area contributed by atoms with Gasteiger partial charge in [-0.1, -0.05) is 166 Å². The van der Waals surface area contributed by atoms with E-state index in [1.807, 2.05) is 12.1 Å². The van der Waals surface area contributed by atoms with Crippen LogP contribution in [0.2, 0.25) is 0 Å². The van der Waals surface area contributed by atoms with Crippen molar-refractivity contribution in [2.45, 2.75) is 19.3 Å². The number of aromatic nitrogens is 2. The second-order valence-electron chi connectivity index (χ2n) is 15.8. The Morgan fingerprint density at radius 3 is 1.72 bits per heavy atom. The van der Waals surface area contributed by atoms with Crippen molar-refractivity contribution in [1.29, 1.82) is 0 Å². The SMILES string of the molecule is CC1(C)c2ccccc2-c2c(-c3cc(-c4cc(-c5ccccc5)cc(-c5cc(-c6ccccc6)c6oc7ccccc7c6c5)c4)nc(-c4ccccc4)n3)cccc21. The molecule has 0 unspecified atom stereocenters. The standard InChI is InChI=1S/C55H38N2O/c1-55(2)47-26-14-12-24-43(47)52-44(25-16-27-48(52)55)50-34-49(56-54(57-50)37-21-10-5-11-22-37)41-30-38(35-17-6-3-7-18-35)29-39(31-41)40-32-45(36-19-8-4-9-20-36)53-46(33-40)42-23-13-15-28-51(42)58-53/h3-34H,1-2H3. The van der Waals surface area contributed by atoms with Gasteiger partial charge in [0.1, 0.15) is 11.2 Å². The van der Waals surface area contributed by atoms with E-state index in [9.17, 15) is 0 Å². The van der Waals surface area contributed by atoms with Crippen molar-refractivity contribution in [2.24, 2.45) is 0 Å². The van der Waals surface area contributed by atoms with Crippen LogP contribution in [0.1, 0.15) is 25.0 Å². The largest absolute Gasteiger partial charge is 0.455 e. The first-order chi connectivity index (χ1) is 28.5. The van der Waals surface area contributed by atoms with E-state index in [0.717, 1.165) is 83.4 Å². The summed E-state index contributed by atoms with van der Waals surface area (Å²) in [6.07, 6.45) is 0. The molecule has 3 nitrogen and oxygen atoms in total. The van der Waals surface area contributed by atoms with Gasteiger partial charge in [-0.2, -0.15) is 0 Å². The van der Waals surface area contributed by atoms with Gasteiger partial charge in [-0.15, -0.1) is 0 Å². The lowest BCUT2D eigenvalue weighted by molar-refractivity contribution is 0.660. The molecule has 0 N–H and O–H groups in total. The highest BCUT2D eigenvalue weighted by Gasteiger charge is 2.36. The predicted molar refractivity (Wildman–Crippen MR) is 239 cm³/mol. The second-order valence-corrected chi connectivity index (χ2v) is 15.8. The van der Waals surface area contributed by atoms with Crippen LogP contribution in [0.25, 0.3) is 100 Å². The van der Waals surface area contributed by atoms with E-state index in [1.165, 1.54) is 22.3 Å². The predicted octanol–water partition coefficient (Wildman–Crippen LogP) is 14.7. The van der Waals surface area contributed by atoms with Gasteiger partial charge in [-0.05, 0) is 92.5 Å². The molecule has 0 saturated heterocycles. The summed E-state index contributed by atoms with van der Waals surface area (Å²) in [5.41, 5.74) is 18.3. The average molecular weight is 743 g/mol. The smallest absolute Gasteiger partial charge is 0.160 e. The molecule has 0 fully saturated rings. The maximum absolute atomic E-state index is 6.57. The van der Waals surface area contributed by atoms with Crippen LogP contribution in [0, 0.1) is 0 Å². The van der Waals surface area contributed by atoms with E-state index < -0.39 is 0 Å². The van der Waals surface area contributed by atoms with Gasteiger partial charge >= 0.3 is 0 Å². The molecule has 3 heteroatoms. The van der Waals surface area contributed by atoms with Gasteiger partial charge in [0.25, 0.3) is 0 Å². The third-order valence-corrected chi connectivity index (χ3v) is 11.9. The summed E-state index contributed by atoms with van der Waals surface area (Å²) < 4.78 is 6.57. The molecule has 0 saturated carbocycles. The van der Waals surface area contributed by atoms with Crippen LogP contribution in [0.4, 0.5) is 0 Å². The zero-order chi connectivity index (χ0) is 38.8. The van der Waals surface area contributed by atoms with Crippen LogP contribution < -0.4 is 0 Å². The molecule has 2 heterocycles. The number of fused-ring (bicyclic) bond motifs is 6. The Labute approximate surface area is 338 Å². The highest BCUT2D eigenvalue weighted by Crippen LogP contribution is 2.52. The van der Waals surface area contributed by atoms with Gasteiger partial charge < -0.3 is 4.42 Å². The minimum Gasteiger partial charge on any atom is -0.455 e. The maximum atomic E-state index is 6.57. The molecule has 58 heavy (non-hydrogen) atoms. The molecule has 0 aliphatic heterocycles. The summed E-state index contributed by atoms with van der Waals surface area (Å²) in [4.78, 5) is 10.7. The molecule has 0 amide bonds. The monoisotopic (exact) mass is 742 g/mol. The Hall–Kier alpha value is -7.36. The molecule has 11 rings (SSSR count). The zero-order valence-corrected chi connectivity index (χ0v) is 32.3. The minimum atomic E-state index is -0.126. The quantitative estimate of drug-likeness (QED) is 0.170. The molecule has 0 bridgehead atoms. The van der Waals surface area contributed by atoms with Crippen molar-refractivity contribution in [2.75, 3.05) is 0 Å². The van der Waals surface area contributed by atoms with Crippen molar-refractivity contribution < 1.29 is 4.42 Å². The van der Waals surface area contributed by atoms with Crippen molar-refractivity contribution in [3.63, 3.8) is 0 Å². The van der Waals surface area contributed by atoms with Crippen LogP contribution in [0.5, 0.6) is 0 Å². The number of nitrogens with zero attached hydrogens (tertiary/aromatic N) is 2. The van der Waals surface area contributed by atoms with Crippen LogP contribution in [0.3, 0.4) is 0 Å². The summed E-state index contributed by atoms with van der Waals surface area (Å²) in [5, 5.41) is 2.19. The maximum Gasteiger partial charge on any atom is 0.160 e. The first-order valence-electron chi connectivity index (χ1n) is 19.9. The number of hydrogen-bond donors (Lipinski definition) is 0. The summed E-state index contributed by atoms with van der Waals surface area (Å²) in [5.74, 6) is 0.695. The lowest BCUT2D eigenvalue weighted by Gasteiger charge is -2.21. The molecule has 274 valence electrons.